The third kappa shape index (κ3) is 6.78. The van der Waals surface area contributed by atoms with Gasteiger partial charge in [0.25, 0.3) is 0 Å². The molecule has 0 aliphatic heterocycles. The lowest BCUT2D eigenvalue weighted by atomic mass is 9.82. The van der Waals surface area contributed by atoms with Gasteiger partial charge in [0.15, 0.2) is 5.92 Å². The van der Waals surface area contributed by atoms with Gasteiger partial charge >= 0.3 is 16.1 Å². The monoisotopic (exact) mass is 490 g/mol. The molecule has 0 radical (unpaired) electrons. The van der Waals surface area contributed by atoms with Crippen molar-refractivity contribution in [2.24, 2.45) is 11.1 Å². The smallest absolute Gasteiger partial charge is 0.358 e. The second kappa shape index (κ2) is 12.0. The summed E-state index contributed by atoms with van der Waals surface area (Å²) in [4.78, 5) is 12.6. The molecular formula is C27H26N2O5S. The molecule has 8 heteroatoms. The molecule has 0 fully saturated rings. The standard InChI is InChI=1S/C27H26N2O5S/c1-3-33-27(30)25(19-28)24(21-10-6-4-7-11-21)18-26(22-12-8-5-9-13-22)29-34-35(31,32)23-16-14-20(2)15-17-23/h4-17,24-25H,3,18H2,1-2H3/b29-26+. The van der Waals surface area contributed by atoms with Crippen LogP contribution >= 0.6 is 0 Å². The number of aryl methyl sites for hydroxylation is 1. The summed E-state index contributed by atoms with van der Waals surface area (Å²) in [5.41, 5.74) is 2.51. The van der Waals surface area contributed by atoms with Crippen molar-refractivity contribution in [1.82, 2.24) is 0 Å². The van der Waals surface area contributed by atoms with Crippen molar-refractivity contribution >= 4 is 21.8 Å². The highest BCUT2D eigenvalue weighted by Gasteiger charge is 2.33. The molecule has 0 saturated heterocycles. The molecule has 180 valence electrons. The number of hydrogen-bond acceptors (Lipinski definition) is 7. The van der Waals surface area contributed by atoms with Crippen LogP contribution in [-0.4, -0.2) is 26.7 Å². The van der Waals surface area contributed by atoms with E-state index < -0.39 is 27.9 Å². The molecule has 3 aromatic carbocycles. The van der Waals surface area contributed by atoms with Gasteiger partial charge in [-0.3, -0.25) is 9.08 Å². The number of ether oxygens (including phenoxy) is 1. The Hall–Kier alpha value is -3.96. The molecule has 0 spiro atoms. The Labute approximate surface area is 205 Å². The average Bonchev–Trinajstić information content (AvgIpc) is 2.87. The zero-order chi connectivity index (χ0) is 25.3. The van der Waals surface area contributed by atoms with Crippen molar-refractivity contribution in [3.05, 3.63) is 102 Å². The number of nitriles is 1. The molecule has 2 atom stereocenters. The molecule has 0 N–H and O–H groups in total. The third-order valence-corrected chi connectivity index (χ3v) is 6.51. The summed E-state index contributed by atoms with van der Waals surface area (Å²) in [6, 6.07) is 26.2. The summed E-state index contributed by atoms with van der Waals surface area (Å²) >= 11 is 0. The number of carbonyl (C=O) groups is 1. The first-order valence-corrected chi connectivity index (χ1v) is 12.5. The summed E-state index contributed by atoms with van der Waals surface area (Å²) < 4.78 is 35.8. The van der Waals surface area contributed by atoms with Crippen LogP contribution in [0.5, 0.6) is 0 Å². The first-order chi connectivity index (χ1) is 16.9. The Balaban J connectivity index is 2.02. The molecule has 0 aliphatic carbocycles. The third-order valence-electron chi connectivity index (χ3n) is 5.39. The van der Waals surface area contributed by atoms with Gasteiger partial charge in [0.05, 0.1) is 18.4 Å². The van der Waals surface area contributed by atoms with E-state index in [4.69, 9.17) is 9.02 Å². The highest BCUT2D eigenvalue weighted by atomic mass is 32.2. The van der Waals surface area contributed by atoms with Crippen LogP contribution in [0.15, 0.2) is 95.0 Å². The molecule has 7 nitrogen and oxygen atoms in total. The van der Waals surface area contributed by atoms with E-state index in [1.54, 1.807) is 67.6 Å². The Morgan fingerprint density at radius 1 is 0.971 bits per heavy atom. The van der Waals surface area contributed by atoms with E-state index in [1.807, 2.05) is 19.1 Å². The number of esters is 1. The quantitative estimate of drug-likeness (QED) is 0.225. The van der Waals surface area contributed by atoms with Crippen molar-refractivity contribution in [1.29, 1.82) is 5.26 Å². The maximum atomic E-state index is 12.8. The van der Waals surface area contributed by atoms with Crippen LogP contribution in [0.3, 0.4) is 0 Å². The Morgan fingerprint density at radius 2 is 1.57 bits per heavy atom. The van der Waals surface area contributed by atoms with E-state index in [2.05, 4.69) is 11.2 Å². The Morgan fingerprint density at radius 3 is 2.14 bits per heavy atom. The lowest BCUT2D eigenvalue weighted by Gasteiger charge is -2.22. The molecule has 0 heterocycles. The lowest BCUT2D eigenvalue weighted by Crippen LogP contribution is -2.26. The van der Waals surface area contributed by atoms with E-state index in [-0.39, 0.29) is 23.6 Å². The molecular weight excluding hydrogens is 464 g/mol. The maximum Gasteiger partial charge on any atom is 0.358 e. The lowest BCUT2D eigenvalue weighted by molar-refractivity contribution is -0.146. The van der Waals surface area contributed by atoms with E-state index >= 15 is 0 Å². The van der Waals surface area contributed by atoms with Crippen LogP contribution in [0.25, 0.3) is 0 Å². The second-order valence-corrected chi connectivity index (χ2v) is 9.35. The zero-order valence-electron chi connectivity index (χ0n) is 19.5. The molecule has 0 bridgehead atoms. The van der Waals surface area contributed by atoms with Gasteiger partial charge in [0.1, 0.15) is 4.90 Å². The minimum atomic E-state index is -4.18. The minimum Gasteiger partial charge on any atom is -0.465 e. The van der Waals surface area contributed by atoms with Gasteiger partial charge in [-0.2, -0.15) is 13.7 Å². The van der Waals surface area contributed by atoms with Gasteiger partial charge in [-0.1, -0.05) is 83.5 Å². The first kappa shape index (κ1) is 25.7. The molecule has 0 aromatic heterocycles. The topological polar surface area (TPSA) is 106 Å². The van der Waals surface area contributed by atoms with Crippen molar-refractivity contribution in [3.63, 3.8) is 0 Å². The van der Waals surface area contributed by atoms with Gasteiger partial charge in [-0.15, -0.1) is 0 Å². The summed E-state index contributed by atoms with van der Waals surface area (Å²) in [6.45, 7) is 3.66. The molecule has 0 saturated carbocycles. The van der Waals surface area contributed by atoms with Crippen LogP contribution in [0.4, 0.5) is 0 Å². The van der Waals surface area contributed by atoms with Gasteiger partial charge in [0.2, 0.25) is 0 Å². The number of benzene rings is 3. The van der Waals surface area contributed by atoms with Crippen LogP contribution in [0.2, 0.25) is 0 Å². The van der Waals surface area contributed by atoms with Gasteiger partial charge in [-0.05, 0) is 37.1 Å². The van der Waals surface area contributed by atoms with E-state index in [0.29, 0.717) is 5.56 Å². The largest absolute Gasteiger partial charge is 0.465 e. The molecule has 3 aromatic rings. The molecule has 0 amide bonds. The van der Waals surface area contributed by atoms with Gasteiger partial charge < -0.3 is 4.74 Å². The predicted molar refractivity (Wildman–Crippen MR) is 132 cm³/mol. The summed E-state index contributed by atoms with van der Waals surface area (Å²) in [5.74, 6) is -2.42. The van der Waals surface area contributed by atoms with Crippen molar-refractivity contribution < 1.29 is 22.2 Å². The molecule has 35 heavy (non-hydrogen) atoms. The number of rotatable bonds is 10. The van der Waals surface area contributed by atoms with Crippen LogP contribution < -0.4 is 0 Å². The van der Waals surface area contributed by atoms with Crippen LogP contribution in [0.1, 0.15) is 36.0 Å². The Kier molecular flexibility index (Phi) is 8.76. The zero-order valence-corrected chi connectivity index (χ0v) is 20.3. The van der Waals surface area contributed by atoms with E-state index in [9.17, 15) is 18.5 Å². The van der Waals surface area contributed by atoms with E-state index in [1.165, 1.54) is 12.1 Å². The maximum absolute atomic E-state index is 12.8. The SMILES string of the molecule is CCOC(=O)C(C#N)C(C/C(=N\OS(=O)(=O)c1ccc(C)cc1)c1ccccc1)c1ccccc1. The fraction of sp³-hybridized carbons (Fsp3) is 0.222. The molecule has 3 rings (SSSR count). The fourth-order valence-corrected chi connectivity index (χ4v) is 4.30. The van der Waals surface area contributed by atoms with Crippen molar-refractivity contribution in [2.75, 3.05) is 6.61 Å². The Bertz CT molecular complexity index is 1300. The van der Waals surface area contributed by atoms with Crippen LogP contribution in [0, 0.1) is 24.2 Å². The van der Waals surface area contributed by atoms with Gasteiger partial charge in [-0.25, -0.2) is 0 Å². The number of oxime groups is 1. The summed E-state index contributed by atoms with van der Waals surface area (Å²) in [7, 11) is -4.18. The highest BCUT2D eigenvalue weighted by Crippen LogP contribution is 2.31. The van der Waals surface area contributed by atoms with Crippen molar-refractivity contribution in [3.8, 4) is 6.07 Å². The molecule has 0 aliphatic rings. The highest BCUT2D eigenvalue weighted by molar-refractivity contribution is 7.86. The normalized spacial score (nSPS) is 13.3. The summed E-state index contributed by atoms with van der Waals surface area (Å²) in [5, 5.41) is 13.9. The van der Waals surface area contributed by atoms with Crippen LogP contribution in [-0.2, 0) is 23.9 Å². The van der Waals surface area contributed by atoms with Gasteiger partial charge in [0, 0.05) is 12.3 Å². The van der Waals surface area contributed by atoms with Crippen molar-refractivity contribution in [2.45, 2.75) is 31.1 Å². The predicted octanol–water partition coefficient (Wildman–Crippen LogP) is 4.98. The first-order valence-electron chi connectivity index (χ1n) is 11.1. The average molecular weight is 491 g/mol. The fourth-order valence-electron chi connectivity index (χ4n) is 3.56. The summed E-state index contributed by atoms with van der Waals surface area (Å²) in [6.07, 6.45) is 0.0640. The second-order valence-electron chi connectivity index (χ2n) is 7.83. The number of nitrogens with zero attached hydrogens (tertiary/aromatic N) is 2. The number of carbonyl (C=O) groups excluding carboxylic acids is 1. The molecule has 2 unspecified atom stereocenters. The number of hydrogen-bond donors (Lipinski definition) is 0. The minimum absolute atomic E-state index is 0.0275. The van der Waals surface area contributed by atoms with E-state index in [0.717, 1.165) is 11.1 Å².